The molecule has 20 heavy (non-hydrogen) atoms. The molecule has 0 aliphatic carbocycles. The van der Waals surface area contributed by atoms with Crippen LogP contribution in [0.15, 0.2) is 24.4 Å². The lowest BCUT2D eigenvalue weighted by Gasteiger charge is -2.06. The number of carbonyl (C=O) groups is 1. The average Bonchev–Trinajstić information content (AvgIpc) is 2.81. The summed E-state index contributed by atoms with van der Waals surface area (Å²) in [5.74, 6) is -1.24. The van der Waals surface area contributed by atoms with Crippen LogP contribution in [0, 0.1) is 17.0 Å². The molecule has 0 unspecified atom stereocenters. The number of aromatic carboxylic acids is 1. The molecule has 0 atom stereocenters. The van der Waals surface area contributed by atoms with Crippen LogP contribution in [0.1, 0.15) is 20.2 Å². The van der Waals surface area contributed by atoms with Gasteiger partial charge in [-0.3, -0.25) is 10.1 Å². The van der Waals surface area contributed by atoms with Gasteiger partial charge in [0.25, 0.3) is 0 Å². The molecule has 0 aliphatic rings. The molecule has 0 saturated heterocycles. The number of aromatic nitrogens is 1. The summed E-state index contributed by atoms with van der Waals surface area (Å²) in [7, 11) is 0. The van der Waals surface area contributed by atoms with Gasteiger partial charge >= 0.3 is 11.7 Å². The summed E-state index contributed by atoms with van der Waals surface area (Å²) >= 11 is 1.41. The van der Waals surface area contributed by atoms with Crippen molar-refractivity contribution in [2.75, 3.05) is 0 Å². The van der Waals surface area contributed by atoms with Crippen LogP contribution in [0.5, 0.6) is 5.75 Å². The van der Waals surface area contributed by atoms with Gasteiger partial charge in [0.15, 0.2) is 5.75 Å². The largest absolute Gasteiger partial charge is 0.481 e. The van der Waals surface area contributed by atoms with Crippen LogP contribution in [-0.4, -0.2) is 21.0 Å². The molecule has 2 aromatic rings. The summed E-state index contributed by atoms with van der Waals surface area (Å²) in [6.07, 6.45) is 1.62. The van der Waals surface area contributed by atoms with Gasteiger partial charge in [-0.25, -0.2) is 9.78 Å². The summed E-state index contributed by atoms with van der Waals surface area (Å²) in [5.41, 5.74) is -0.331. The number of hydrogen-bond acceptors (Lipinski definition) is 6. The molecule has 0 bridgehead atoms. The second-order valence-corrected chi connectivity index (χ2v) is 5.20. The SMILES string of the molecule is Cc1ncc(COc2cc(C(=O)O)ccc2[N+](=O)[O-])s1. The lowest BCUT2D eigenvalue weighted by molar-refractivity contribution is -0.385. The van der Waals surface area contributed by atoms with E-state index in [0.717, 1.165) is 22.0 Å². The highest BCUT2D eigenvalue weighted by Crippen LogP contribution is 2.29. The van der Waals surface area contributed by atoms with Crippen LogP contribution in [0.3, 0.4) is 0 Å². The van der Waals surface area contributed by atoms with Crippen LogP contribution < -0.4 is 4.74 Å². The van der Waals surface area contributed by atoms with Crippen molar-refractivity contribution in [1.82, 2.24) is 4.98 Å². The van der Waals surface area contributed by atoms with E-state index in [1.165, 1.54) is 17.4 Å². The summed E-state index contributed by atoms with van der Waals surface area (Å²) in [5, 5.41) is 20.6. The Balaban J connectivity index is 2.25. The predicted octanol–water partition coefficient (Wildman–Crippen LogP) is 2.64. The fourth-order valence-electron chi connectivity index (χ4n) is 1.53. The van der Waals surface area contributed by atoms with Crippen molar-refractivity contribution in [3.8, 4) is 5.75 Å². The second-order valence-electron chi connectivity index (χ2n) is 3.88. The first-order valence-electron chi connectivity index (χ1n) is 5.53. The zero-order chi connectivity index (χ0) is 14.7. The third-order valence-corrected chi connectivity index (χ3v) is 3.33. The Hall–Kier alpha value is -2.48. The number of benzene rings is 1. The van der Waals surface area contributed by atoms with Crippen LogP contribution in [0.2, 0.25) is 0 Å². The molecule has 8 heteroatoms. The summed E-state index contributed by atoms with van der Waals surface area (Å²) in [6, 6.07) is 3.44. The number of carboxylic acids is 1. The number of nitro benzene ring substituents is 1. The maximum absolute atomic E-state index is 10.9. The van der Waals surface area contributed by atoms with E-state index in [0.29, 0.717) is 0 Å². The van der Waals surface area contributed by atoms with Gasteiger partial charge in [0.1, 0.15) is 6.61 Å². The maximum atomic E-state index is 10.9. The number of nitrogens with zero attached hydrogens (tertiary/aromatic N) is 2. The molecule has 0 aliphatic heterocycles. The van der Waals surface area contributed by atoms with Gasteiger partial charge in [-0.1, -0.05) is 0 Å². The normalized spacial score (nSPS) is 10.2. The first-order chi connectivity index (χ1) is 9.47. The van der Waals surface area contributed by atoms with Crippen molar-refractivity contribution in [1.29, 1.82) is 0 Å². The third kappa shape index (κ3) is 3.09. The Kier molecular flexibility index (Phi) is 3.94. The summed E-state index contributed by atoms with van der Waals surface area (Å²) in [6.45, 7) is 1.94. The minimum atomic E-state index is -1.17. The standard InChI is InChI=1S/C12H10N2O5S/c1-7-13-5-9(20-7)6-19-11-4-8(12(15)16)2-3-10(11)14(17)18/h2-5H,6H2,1H3,(H,15,16). The molecule has 0 spiro atoms. The lowest BCUT2D eigenvalue weighted by atomic mass is 10.2. The Bertz CT molecular complexity index is 668. The number of ether oxygens (including phenoxy) is 1. The fraction of sp³-hybridized carbons (Fsp3) is 0.167. The number of hydrogen-bond donors (Lipinski definition) is 1. The third-order valence-electron chi connectivity index (χ3n) is 2.44. The zero-order valence-electron chi connectivity index (χ0n) is 10.4. The van der Waals surface area contributed by atoms with E-state index in [1.807, 2.05) is 6.92 Å². The Morgan fingerprint density at radius 1 is 1.55 bits per heavy atom. The first kappa shape index (κ1) is 13.9. The Morgan fingerprint density at radius 3 is 2.85 bits per heavy atom. The van der Waals surface area contributed by atoms with E-state index in [9.17, 15) is 14.9 Å². The van der Waals surface area contributed by atoms with Crippen LogP contribution in [-0.2, 0) is 6.61 Å². The van der Waals surface area contributed by atoms with Gasteiger partial charge in [0.2, 0.25) is 0 Å². The van der Waals surface area contributed by atoms with E-state index < -0.39 is 10.9 Å². The van der Waals surface area contributed by atoms with E-state index in [2.05, 4.69) is 4.98 Å². The molecule has 0 radical (unpaired) electrons. The van der Waals surface area contributed by atoms with Crippen molar-refractivity contribution in [3.63, 3.8) is 0 Å². The number of aryl methyl sites for hydroxylation is 1. The molecule has 7 nitrogen and oxygen atoms in total. The predicted molar refractivity (Wildman–Crippen MR) is 71.2 cm³/mol. The molecule has 2 rings (SSSR count). The van der Waals surface area contributed by atoms with E-state index >= 15 is 0 Å². The van der Waals surface area contributed by atoms with Gasteiger partial charge in [-0.05, 0) is 13.0 Å². The van der Waals surface area contributed by atoms with E-state index in [1.54, 1.807) is 6.20 Å². The molecule has 104 valence electrons. The van der Waals surface area contributed by atoms with Crippen molar-refractivity contribution < 1.29 is 19.6 Å². The maximum Gasteiger partial charge on any atom is 0.335 e. The number of rotatable bonds is 5. The number of nitro groups is 1. The molecule has 0 amide bonds. The molecule has 1 N–H and O–H groups in total. The van der Waals surface area contributed by atoms with Crippen molar-refractivity contribution in [3.05, 3.63) is 50.0 Å². The Morgan fingerprint density at radius 2 is 2.30 bits per heavy atom. The highest BCUT2D eigenvalue weighted by atomic mass is 32.1. The summed E-state index contributed by atoms with van der Waals surface area (Å²) in [4.78, 5) is 26.0. The molecular weight excluding hydrogens is 284 g/mol. The minimum absolute atomic E-state index is 0.0638. The van der Waals surface area contributed by atoms with Crippen molar-refractivity contribution in [2.24, 2.45) is 0 Å². The molecule has 1 heterocycles. The highest BCUT2D eigenvalue weighted by Gasteiger charge is 2.18. The number of carboxylic acid groups (broad SMARTS) is 1. The topological polar surface area (TPSA) is 103 Å². The average molecular weight is 294 g/mol. The first-order valence-corrected chi connectivity index (χ1v) is 6.35. The lowest BCUT2D eigenvalue weighted by Crippen LogP contribution is -2.02. The zero-order valence-corrected chi connectivity index (χ0v) is 11.2. The van der Waals surface area contributed by atoms with Gasteiger partial charge < -0.3 is 9.84 Å². The fourth-order valence-corrected chi connectivity index (χ4v) is 2.24. The smallest absolute Gasteiger partial charge is 0.335 e. The van der Waals surface area contributed by atoms with E-state index in [4.69, 9.17) is 9.84 Å². The second kappa shape index (κ2) is 5.66. The van der Waals surface area contributed by atoms with Crippen molar-refractivity contribution in [2.45, 2.75) is 13.5 Å². The van der Waals surface area contributed by atoms with Crippen LogP contribution in [0.25, 0.3) is 0 Å². The van der Waals surface area contributed by atoms with Crippen LogP contribution in [0.4, 0.5) is 5.69 Å². The number of thiazole rings is 1. The highest BCUT2D eigenvalue weighted by molar-refractivity contribution is 7.11. The molecule has 0 saturated carbocycles. The molecular formula is C12H10N2O5S. The van der Waals surface area contributed by atoms with Gasteiger partial charge in [0, 0.05) is 18.3 Å². The van der Waals surface area contributed by atoms with E-state index in [-0.39, 0.29) is 23.6 Å². The van der Waals surface area contributed by atoms with Gasteiger partial charge in [0.05, 0.1) is 20.4 Å². The molecule has 1 aromatic carbocycles. The van der Waals surface area contributed by atoms with Gasteiger partial charge in [-0.15, -0.1) is 11.3 Å². The molecule has 1 aromatic heterocycles. The van der Waals surface area contributed by atoms with Crippen LogP contribution >= 0.6 is 11.3 Å². The minimum Gasteiger partial charge on any atom is -0.481 e. The molecule has 0 fully saturated rings. The monoisotopic (exact) mass is 294 g/mol. The van der Waals surface area contributed by atoms with Crippen molar-refractivity contribution >= 4 is 23.0 Å². The quantitative estimate of drug-likeness (QED) is 0.671. The van der Waals surface area contributed by atoms with Gasteiger partial charge in [-0.2, -0.15) is 0 Å². The Labute approximate surface area is 117 Å². The summed E-state index contributed by atoms with van der Waals surface area (Å²) < 4.78 is 5.35.